The highest BCUT2D eigenvalue weighted by atomic mass is 32.2. The third-order valence-electron chi connectivity index (χ3n) is 4.45. The summed E-state index contributed by atoms with van der Waals surface area (Å²) in [5.74, 6) is -1.51. The number of aryl methyl sites for hydroxylation is 2. The molecule has 10 heteroatoms. The van der Waals surface area contributed by atoms with Gasteiger partial charge < -0.3 is 9.84 Å². The molecule has 0 bridgehead atoms. The largest absolute Gasteiger partial charge is 0.573 e. The van der Waals surface area contributed by atoms with Crippen LogP contribution in [0.5, 0.6) is 5.75 Å². The number of nitrogens with one attached hydrogen (secondary N) is 1. The molecule has 3 rings (SSSR count). The van der Waals surface area contributed by atoms with E-state index in [1.807, 2.05) is 6.07 Å². The second-order valence-corrected chi connectivity index (χ2v) is 8.51. The van der Waals surface area contributed by atoms with Gasteiger partial charge in [-0.1, -0.05) is 24.3 Å². The Bertz CT molecular complexity index is 1190. The maximum Gasteiger partial charge on any atom is 0.573 e. The molecule has 0 aliphatic carbocycles. The molecule has 3 aromatic carbocycles. The number of halogens is 3. The van der Waals surface area contributed by atoms with Crippen molar-refractivity contribution in [2.24, 2.45) is 0 Å². The molecule has 0 fully saturated rings. The lowest BCUT2D eigenvalue weighted by atomic mass is 10.0. The van der Waals surface area contributed by atoms with Crippen molar-refractivity contribution in [1.29, 1.82) is 0 Å². The number of aromatic carboxylic acids is 1. The normalized spacial score (nSPS) is 11.7. The van der Waals surface area contributed by atoms with Crippen LogP contribution in [0.3, 0.4) is 0 Å². The highest BCUT2D eigenvalue weighted by Crippen LogP contribution is 2.25. The second kappa shape index (κ2) is 9.31. The van der Waals surface area contributed by atoms with Crippen LogP contribution in [0.15, 0.2) is 77.7 Å². The molecule has 0 amide bonds. The van der Waals surface area contributed by atoms with Crippen LogP contribution in [0.2, 0.25) is 0 Å². The van der Waals surface area contributed by atoms with Crippen LogP contribution in [0.1, 0.15) is 21.5 Å². The van der Waals surface area contributed by atoms with E-state index >= 15 is 0 Å². The number of ether oxygens (including phenoxy) is 1. The van der Waals surface area contributed by atoms with Crippen molar-refractivity contribution < 1.29 is 36.2 Å². The van der Waals surface area contributed by atoms with Gasteiger partial charge in [0.05, 0.1) is 10.5 Å². The molecule has 0 saturated heterocycles. The molecule has 0 heterocycles. The van der Waals surface area contributed by atoms with Gasteiger partial charge in [-0.3, -0.25) is 4.72 Å². The van der Waals surface area contributed by atoms with E-state index in [0.29, 0.717) is 12.8 Å². The number of benzene rings is 3. The quantitative estimate of drug-likeness (QED) is 0.495. The minimum absolute atomic E-state index is 0.213. The molecule has 0 spiro atoms. The second-order valence-electron chi connectivity index (χ2n) is 6.83. The van der Waals surface area contributed by atoms with E-state index in [4.69, 9.17) is 5.11 Å². The van der Waals surface area contributed by atoms with E-state index in [1.54, 1.807) is 36.4 Å². The summed E-state index contributed by atoms with van der Waals surface area (Å²) < 4.78 is 67.7. The molecule has 6 nitrogen and oxygen atoms in total. The van der Waals surface area contributed by atoms with Gasteiger partial charge in [0.2, 0.25) is 0 Å². The molecule has 0 radical (unpaired) electrons. The van der Waals surface area contributed by atoms with Crippen LogP contribution in [0.25, 0.3) is 0 Å². The Kier molecular flexibility index (Phi) is 6.73. The maximum absolute atomic E-state index is 12.5. The fraction of sp³-hybridized carbons (Fsp3) is 0.136. The molecule has 3 aromatic rings. The lowest BCUT2D eigenvalue weighted by Crippen LogP contribution is -2.17. The van der Waals surface area contributed by atoms with Crippen molar-refractivity contribution in [3.05, 3.63) is 89.5 Å². The summed E-state index contributed by atoms with van der Waals surface area (Å²) in [5.41, 5.74) is 2.29. The average Bonchev–Trinajstić information content (AvgIpc) is 2.72. The summed E-state index contributed by atoms with van der Waals surface area (Å²) in [6.07, 6.45) is -3.63. The molecule has 0 saturated carbocycles. The number of sulfonamides is 1. The highest BCUT2D eigenvalue weighted by Gasteiger charge is 2.31. The first-order valence-electron chi connectivity index (χ1n) is 9.32. The van der Waals surface area contributed by atoms with Gasteiger partial charge in [-0.25, -0.2) is 13.2 Å². The molecule has 0 aliphatic rings. The Balaban J connectivity index is 1.62. The van der Waals surface area contributed by atoms with Crippen LogP contribution < -0.4 is 9.46 Å². The number of hydrogen-bond donors (Lipinski definition) is 2. The minimum Gasteiger partial charge on any atom is -0.478 e. The van der Waals surface area contributed by atoms with Crippen molar-refractivity contribution >= 4 is 21.7 Å². The first-order valence-corrected chi connectivity index (χ1v) is 10.8. The van der Waals surface area contributed by atoms with E-state index in [-0.39, 0.29) is 16.1 Å². The van der Waals surface area contributed by atoms with Crippen LogP contribution in [-0.4, -0.2) is 25.9 Å². The molecular weight excluding hydrogens is 447 g/mol. The number of alkyl halides is 3. The first kappa shape index (κ1) is 23.1. The molecule has 0 atom stereocenters. The fourth-order valence-corrected chi connectivity index (χ4v) is 3.98. The number of rotatable bonds is 8. The summed E-state index contributed by atoms with van der Waals surface area (Å²) in [6.45, 7) is 0. The number of carboxylic acids is 1. The van der Waals surface area contributed by atoms with Crippen molar-refractivity contribution in [1.82, 2.24) is 0 Å². The Morgan fingerprint density at radius 3 is 2.12 bits per heavy atom. The lowest BCUT2D eigenvalue weighted by molar-refractivity contribution is -0.274. The van der Waals surface area contributed by atoms with Crippen molar-refractivity contribution in [2.75, 3.05) is 4.72 Å². The van der Waals surface area contributed by atoms with E-state index in [1.165, 1.54) is 6.07 Å². The first-order chi connectivity index (χ1) is 15.0. The Labute approximate surface area is 182 Å². The molecule has 0 unspecified atom stereocenters. The van der Waals surface area contributed by atoms with Crippen LogP contribution >= 0.6 is 0 Å². The lowest BCUT2D eigenvalue weighted by Gasteiger charge is -2.11. The van der Waals surface area contributed by atoms with Crippen molar-refractivity contribution in [3.8, 4) is 5.75 Å². The molecule has 32 heavy (non-hydrogen) atoms. The van der Waals surface area contributed by atoms with Crippen LogP contribution in [0, 0.1) is 0 Å². The summed E-state index contributed by atoms with van der Waals surface area (Å²) in [5, 5.41) is 9.05. The van der Waals surface area contributed by atoms with Gasteiger partial charge in [-0.15, -0.1) is 13.2 Å². The average molecular weight is 465 g/mol. The fourth-order valence-electron chi connectivity index (χ4n) is 2.92. The van der Waals surface area contributed by atoms with E-state index in [0.717, 1.165) is 35.4 Å². The zero-order chi connectivity index (χ0) is 23.4. The predicted molar refractivity (Wildman–Crippen MR) is 111 cm³/mol. The number of carbonyl (C=O) groups is 1. The third-order valence-corrected chi connectivity index (χ3v) is 5.85. The molecular formula is C22H18F3NO5S. The number of anilines is 1. The van der Waals surface area contributed by atoms with Crippen molar-refractivity contribution in [3.63, 3.8) is 0 Å². The molecule has 0 aromatic heterocycles. The Hall–Kier alpha value is -3.53. The van der Waals surface area contributed by atoms with Gasteiger partial charge in [-0.05, 0) is 72.5 Å². The minimum atomic E-state index is -4.86. The van der Waals surface area contributed by atoms with Gasteiger partial charge in [0.15, 0.2) is 0 Å². The molecule has 168 valence electrons. The standard InChI is InChI=1S/C22H18F3NO5S/c23-22(24,25)31-19-10-12-20(13-11-19)32(29,30)26-18-8-6-15(7-9-18)4-5-16-2-1-3-17(14-16)21(27)28/h1-3,6-14,26H,4-5H2,(H,27,28). The zero-order valence-electron chi connectivity index (χ0n) is 16.5. The monoisotopic (exact) mass is 465 g/mol. The van der Waals surface area contributed by atoms with E-state index < -0.39 is 28.1 Å². The molecule has 0 aliphatic heterocycles. The zero-order valence-corrected chi connectivity index (χ0v) is 17.3. The molecule has 2 N–H and O–H groups in total. The predicted octanol–water partition coefficient (Wildman–Crippen LogP) is 4.87. The van der Waals surface area contributed by atoms with E-state index in [9.17, 15) is 26.4 Å². The van der Waals surface area contributed by atoms with E-state index in [2.05, 4.69) is 9.46 Å². The number of carboxylic acid groups (broad SMARTS) is 1. The summed E-state index contributed by atoms with van der Waals surface area (Å²) in [7, 11) is -4.00. The highest BCUT2D eigenvalue weighted by molar-refractivity contribution is 7.92. The van der Waals surface area contributed by atoms with Crippen LogP contribution in [0.4, 0.5) is 18.9 Å². The summed E-state index contributed by atoms with van der Waals surface area (Å²) in [6, 6.07) is 17.1. The maximum atomic E-state index is 12.5. The topological polar surface area (TPSA) is 92.7 Å². The van der Waals surface area contributed by atoms with Gasteiger partial charge in [-0.2, -0.15) is 0 Å². The van der Waals surface area contributed by atoms with Crippen LogP contribution in [-0.2, 0) is 22.9 Å². The van der Waals surface area contributed by atoms with Gasteiger partial charge >= 0.3 is 12.3 Å². The van der Waals surface area contributed by atoms with Crippen molar-refractivity contribution in [2.45, 2.75) is 24.1 Å². The summed E-state index contributed by atoms with van der Waals surface area (Å²) in [4.78, 5) is 10.8. The summed E-state index contributed by atoms with van der Waals surface area (Å²) >= 11 is 0. The smallest absolute Gasteiger partial charge is 0.478 e. The number of hydrogen-bond acceptors (Lipinski definition) is 4. The Morgan fingerprint density at radius 1 is 0.906 bits per heavy atom. The third kappa shape index (κ3) is 6.48. The van der Waals surface area contributed by atoms with Gasteiger partial charge in [0.25, 0.3) is 10.0 Å². The Morgan fingerprint density at radius 2 is 1.53 bits per heavy atom. The SMILES string of the molecule is O=C(O)c1cccc(CCc2ccc(NS(=O)(=O)c3ccc(OC(F)(F)F)cc3)cc2)c1. The van der Waals surface area contributed by atoms with Gasteiger partial charge in [0.1, 0.15) is 5.75 Å². The van der Waals surface area contributed by atoms with Gasteiger partial charge in [0, 0.05) is 5.69 Å².